The van der Waals surface area contributed by atoms with Crippen LogP contribution in [0.5, 0.6) is 0 Å². The predicted molar refractivity (Wildman–Crippen MR) is 64.8 cm³/mol. The minimum absolute atomic E-state index is 0.0500. The molecule has 0 spiro atoms. The number of aromatic carboxylic acids is 2. The van der Waals surface area contributed by atoms with Gasteiger partial charge in [0.25, 0.3) is 0 Å². The Labute approximate surface area is 106 Å². The largest absolute Gasteiger partial charge is 0.478 e. The van der Waals surface area contributed by atoms with Crippen LogP contribution >= 0.6 is 0 Å². The number of rotatable bonds is 3. The van der Waals surface area contributed by atoms with Gasteiger partial charge in [-0.25, -0.2) is 19.1 Å². The van der Waals surface area contributed by atoms with Crippen molar-refractivity contribution < 1.29 is 24.3 Å². The summed E-state index contributed by atoms with van der Waals surface area (Å²) in [4.78, 5) is 33.8. The zero-order valence-corrected chi connectivity index (χ0v) is 10.2. The molecule has 0 aliphatic heterocycles. The lowest BCUT2D eigenvalue weighted by molar-refractivity contribution is 0.0696. The van der Waals surface area contributed by atoms with Gasteiger partial charge in [-0.1, -0.05) is 0 Å². The number of nitrogens with zero attached hydrogens (tertiary/aromatic N) is 1. The van der Waals surface area contributed by atoms with Crippen molar-refractivity contribution in [3.63, 3.8) is 0 Å². The molecule has 100 valence electrons. The average molecular weight is 265 g/mol. The van der Waals surface area contributed by atoms with Crippen LogP contribution in [-0.2, 0) is 0 Å². The van der Waals surface area contributed by atoms with E-state index in [1.165, 1.54) is 4.74 Å². The molecule has 0 unspecified atom stereocenters. The Hall–Kier alpha value is -2.57. The summed E-state index contributed by atoms with van der Waals surface area (Å²) < 4.78 is 6.13. The Balaban J connectivity index is 2.97. The molecule has 0 aliphatic rings. The maximum absolute atomic E-state index is 11.7. The van der Waals surface area contributed by atoms with Gasteiger partial charge in [-0.2, -0.15) is 0 Å². The summed E-state index contributed by atoms with van der Waals surface area (Å²) in [6.07, 6.45) is 0. The lowest BCUT2D eigenvalue weighted by Gasteiger charge is -2.08. The first-order valence-electron chi connectivity index (χ1n) is 5.49. The van der Waals surface area contributed by atoms with E-state index in [1.54, 1.807) is 13.8 Å². The Morgan fingerprint density at radius 2 is 1.84 bits per heavy atom. The van der Waals surface area contributed by atoms with Crippen molar-refractivity contribution in [2.24, 2.45) is 0 Å². The van der Waals surface area contributed by atoms with Crippen LogP contribution in [0.15, 0.2) is 21.5 Å². The maximum Gasteiger partial charge on any atom is 0.365 e. The van der Waals surface area contributed by atoms with Crippen LogP contribution in [0.4, 0.5) is 0 Å². The van der Waals surface area contributed by atoms with Gasteiger partial charge in [0.15, 0.2) is 0 Å². The summed E-state index contributed by atoms with van der Waals surface area (Å²) in [5, 5.41) is 18.0. The van der Waals surface area contributed by atoms with Crippen LogP contribution < -0.4 is 5.63 Å². The molecule has 7 nitrogen and oxygen atoms in total. The van der Waals surface area contributed by atoms with E-state index >= 15 is 0 Å². The quantitative estimate of drug-likeness (QED) is 0.871. The van der Waals surface area contributed by atoms with Crippen molar-refractivity contribution in [1.82, 2.24) is 4.74 Å². The molecule has 0 fully saturated rings. The molecule has 1 aromatic heterocycles. The normalized spacial score (nSPS) is 11.1. The third kappa shape index (κ3) is 1.99. The highest BCUT2D eigenvalue weighted by atomic mass is 16.5. The molecule has 0 bridgehead atoms. The van der Waals surface area contributed by atoms with Gasteiger partial charge < -0.3 is 14.7 Å². The van der Waals surface area contributed by atoms with Gasteiger partial charge >= 0.3 is 17.6 Å². The summed E-state index contributed by atoms with van der Waals surface area (Å²) >= 11 is 0. The van der Waals surface area contributed by atoms with E-state index in [4.69, 9.17) is 14.7 Å². The fourth-order valence-electron chi connectivity index (χ4n) is 1.86. The molecule has 1 heterocycles. The van der Waals surface area contributed by atoms with Crippen molar-refractivity contribution in [3.8, 4) is 0 Å². The Bertz CT molecular complexity index is 736. The predicted octanol–water partition coefficient (Wildman–Crippen LogP) is 1.57. The molecule has 7 heteroatoms. The highest BCUT2D eigenvalue weighted by Gasteiger charge is 2.22. The standard InChI is InChI=1S/C12H11NO6/c1-5(2)13-9-7(11(16)17)3-6(10(14)15)4-8(9)12(18)19-13/h3-5H,1-2H3,(H,14,15)(H,16,17). The number of carboxylic acid groups (broad SMARTS) is 2. The highest BCUT2D eigenvalue weighted by Crippen LogP contribution is 2.23. The lowest BCUT2D eigenvalue weighted by atomic mass is 10.1. The number of fused-ring (bicyclic) bond motifs is 1. The summed E-state index contributed by atoms with van der Waals surface area (Å²) in [6, 6.07) is 1.87. The number of benzene rings is 1. The minimum Gasteiger partial charge on any atom is -0.478 e. The lowest BCUT2D eigenvalue weighted by Crippen LogP contribution is -2.07. The molecule has 0 amide bonds. The molecule has 0 saturated carbocycles. The van der Waals surface area contributed by atoms with E-state index in [9.17, 15) is 14.4 Å². The Morgan fingerprint density at radius 1 is 1.21 bits per heavy atom. The molecule has 0 atom stereocenters. The van der Waals surface area contributed by atoms with E-state index in [0.29, 0.717) is 0 Å². The molecule has 0 aliphatic carbocycles. The van der Waals surface area contributed by atoms with Gasteiger partial charge in [-0.3, -0.25) is 0 Å². The van der Waals surface area contributed by atoms with E-state index in [-0.39, 0.29) is 28.1 Å². The number of hydrogen-bond acceptors (Lipinski definition) is 4. The zero-order chi connectivity index (χ0) is 14.3. The van der Waals surface area contributed by atoms with Gasteiger partial charge in [0.2, 0.25) is 0 Å². The first kappa shape index (κ1) is 12.9. The van der Waals surface area contributed by atoms with Crippen LogP contribution in [0.3, 0.4) is 0 Å². The second-order valence-corrected chi connectivity index (χ2v) is 4.33. The maximum atomic E-state index is 11.7. The van der Waals surface area contributed by atoms with E-state index in [0.717, 1.165) is 12.1 Å². The number of aromatic nitrogens is 1. The first-order chi connectivity index (χ1) is 8.82. The summed E-state index contributed by atoms with van der Waals surface area (Å²) in [7, 11) is 0. The van der Waals surface area contributed by atoms with Crippen molar-refractivity contribution >= 4 is 22.8 Å². The zero-order valence-electron chi connectivity index (χ0n) is 10.2. The van der Waals surface area contributed by atoms with Crippen LogP contribution in [0.1, 0.15) is 40.6 Å². The molecule has 19 heavy (non-hydrogen) atoms. The van der Waals surface area contributed by atoms with Crippen LogP contribution in [0, 0.1) is 0 Å². The summed E-state index contributed by atoms with van der Waals surface area (Å²) in [6.45, 7) is 3.44. The molecule has 0 radical (unpaired) electrons. The van der Waals surface area contributed by atoms with Gasteiger partial charge in [-0.15, -0.1) is 0 Å². The minimum atomic E-state index is -1.32. The molecular formula is C12H11NO6. The van der Waals surface area contributed by atoms with Crippen molar-refractivity contribution in [1.29, 1.82) is 0 Å². The van der Waals surface area contributed by atoms with Gasteiger partial charge in [0.1, 0.15) is 5.52 Å². The van der Waals surface area contributed by atoms with Crippen LogP contribution in [-0.4, -0.2) is 26.9 Å². The van der Waals surface area contributed by atoms with Crippen LogP contribution in [0.25, 0.3) is 10.9 Å². The molecule has 0 saturated heterocycles. The fraction of sp³-hybridized carbons (Fsp3) is 0.250. The SMILES string of the molecule is CC(C)n1oc(=O)c2cc(C(=O)O)cc(C(=O)O)c21. The fourth-order valence-corrected chi connectivity index (χ4v) is 1.86. The third-order valence-corrected chi connectivity index (χ3v) is 2.68. The molecular weight excluding hydrogens is 254 g/mol. The van der Waals surface area contributed by atoms with Gasteiger partial charge in [-0.05, 0) is 26.0 Å². The molecule has 1 aromatic carbocycles. The molecule has 2 aromatic rings. The van der Waals surface area contributed by atoms with E-state index in [1.807, 2.05) is 0 Å². The molecule has 2 N–H and O–H groups in total. The number of hydrogen-bond donors (Lipinski definition) is 2. The second-order valence-electron chi connectivity index (χ2n) is 4.33. The molecule has 2 rings (SSSR count). The number of carbonyl (C=O) groups is 2. The Kier molecular flexibility index (Phi) is 2.89. The topological polar surface area (TPSA) is 110 Å². The highest BCUT2D eigenvalue weighted by molar-refractivity contribution is 6.05. The Morgan fingerprint density at radius 3 is 2.32 bits per heavy atom. The summed E-state index contributed by atoms with van der Waals surface area (Å²) in [5.41, 5.74) is -1.19. The smallest absolute Gasteiger partial charge is 0.365 e. The van der Waals surface area contributed by atoms with E-state index < -0.39 is 17.6 Å². The van der Waals surface area contributed by atoms with Crippen molar-refractivity contribution in [2.75, 3.05) is 0 Å². The first-order valence-corrected chi connectivity index (χ1v) is 5.49. The second kappa shape index (κ2) is 4.27. The van der Waals surface area contributed by atoms with Gasteiger partial charge in [0.05, 0.1) is 22.6 Å². The van der Waals surface area contributed by atoms with Gasteiger partial charge in [0, 0.05) is 0 Å². The monoisotopic (exact) mass is 265 g/mol. The number of carboxylic acids is 2. The van der Waals surface area contributed by atoms with Crippen molar-refractivity contribution in [3.05, 3.63) is 33.7 Å². The van der Waals surface area contributed by atoms with Crippen LogP contribution in [0.2, 0.25) is 0 Å². The van der Waals surface area contributed by atoms with Crippen molar-refractivity contribution in [2.45, 2.75) is 19.9 Å². The average Bonchev–Trinajstić information content (AvgIpc) is 2.66. The summed E-state index contributed by atoms with van der Waals surface area (Å²) in [5.74, 6) is -2.62. The van der Waals surface area contributed by atoms with E-state index in [2.05, 4.69) is 0 Å². The third-order valence-electron chi connectivity index (χ3n) is 2.68.